The van der Waals surface area contributed by atoms with E-state index in [1.54, 1.807) is 23.0 Å². The lowest BCUT2D eigenvalue weighted by molar-refractivity contribution is -0.118. The zero-order chi connectivity index (χ0) is 19.5. The highest BCUT2D eigenvalue weighted by Crippen LogP contribution is 2.36. The molecule has 144 valence electrons. The number of aromatic nitrogens is 5. The maximum absolute atomic E-state index is 11.3. The van der Waals surface area contributed by atoms with Gasteiger partial charge in [0, 0.05) is 13.0 Å². The molecule has 0 aliphatic rings. The largest absolute Gasteiger partial charge is 0.461 e. The van der Waals surface area contributed by atoms with Crippen LogP contribution in [0.25, 0.3) is 22.4 Å². The first-order valence-electron chi connectivity index (χ1n) is 8.41. The Morgan fingerprint density at radius 3 is 2.89 bits per heavy atom. The number of carbonyl (C=O) groups is 1. The van der Waals surface area contributed by atoms with Gasteiger partial charge in [-0.1, -0.05) is 17.8 Å². The summed E-state index contributed by atoms with van der Waals surface area (Å²) in [6.45, 7) is 2.29. The Morgan fingerprint density at radius 1 is 1.29 bits per heavy atom. The second-order valence-electron chi connectivity index (χ2n) is 5.83. The molecule has 4 rings (SSSR count). The van der Waals surface area contributed by atoms with Gasteiger partial charge in [-0.3, -0.25) is 9.36 Å². The predicted molar refractivity (Wildman–Crippen MR) is 103 cm³/mol. The van der Waals surface area contributed by atoms with Crippen LogP contribution in [0, 0.1) is 0 Å². The number of hydrogen-bond acceptors (Lipinski definition) is 9. The third-order valence-electron chi connectivity index (χ3n) is 3.84. The van der Waals surface area contributed by atoms with Crippen molar-refractivity contribution in [2.24, 2.45) is 5.73 Å². The van der Waals surface area contributed by atoms with Crippen molar-refractivity contribution in [3.8, 4) is 22.4 Å². The number of nitrogens with two attached hydrogens (primary N) is 1. The average Bonchev–Trinajstić information content (AvgIpc) is 3.47. The van der Waals surface area contributed by atoms with Gasteiger partial charge >= 0.3 is 0 Å². The molecule has 4 aromatic rings. The number of nitrogens with zero attached hydrogens (tertiary/aromatic N) is 5. The van der Waals surface area contributed by atoms with Crippen LogP contribution in [0.4, 0.5) is 0 Å². The highest BCUT2D eigenvalue weighted by Gasteiger charge is 2.22. The Balaban J connectivity index is 1.57. The van der Waals surface area contributed by atoms with Gasteiger partial charge in [0.05, 0.1) is 16.4 Å². The first kappa shape index (κ1) is 18.4. The molecule has 2 N–H and O–H groups in total. The molecular weight excluding hydrogens is 400 g/mol. The molecule has 4 heterocycles. The van der Waals surface area contributed by atoms with Gasteiger partial charge in [-0.05, 0) is 30.5 Å². The van der Waals surface area contributed by atoms with Gasteiger partial charge in [0.25, 0.3) is 5.89 Å². The summed E-state index contributed by atoms with van der Waals surface area (Å²) in [6.07, 6.45) is 1.72. The lowest BCUT2D eigenvalue weighted by atomic mass is 10.3. The molecule has 0 aliphatic heterocycles. The summed E-state index contributed by atoms with van der Waals surface area (Å²) in [4.78, 5) is 12.2. The average molecular weight is 416 g/mol. The number of hydrogen-bond donors (Lipinski definition) is 1. The summed E-state index contributed by atoms with van der Waals surface area (Å²) in [5.74, 6) is 1.67. The Kier molecular flexibility index (Phi) is 5.26. The van der Waals surface area contributed by atoms with E-state index in [9.17, 15) is 4.79 Å². The van der Waals surface area contributed by atoms with Crippen LogP contribution in [0.15, 0.2) is 49.9 Å². The minimum Gasteiger partial charge on any atom is -0.461 e. The minimum absolute atomic E-state index is 0.163. The number of thiophene rings is 1. The second kappa shape index (κ2) is 7.98. The lowest BCUT2D eigenvalue weighted by Crippen LogP contribution is -2.15. The molecule has 4 aromatic heterocycles. The van der Waals surface area contributed by atoms with Crippen molar-refractivity contribution in [3.05, 3.63) is 41.8 Å². The van der Waals surface area contributed by atoms with E-state index in [0.717, 1.165) is 4.88 Å². The summed E-state index contributed by atoms with van der Waals surface area (Å²) in [5, 5.41) is 19.1. The number of primary amides is 1. The lowest BCUT2D eigenvalue weighted by Gasteiger charge is -2.10. The summed E-state index contributed by atoms with van der Waals surface area (Å²) in [6, 6.07) is 7.41. The van der Waals surface area contributed by atoms with Crippen LogP contribution < -0.4 is 5.73 Å². The van der Waals surface area contributed by atoms with Crippen molar-refractivity contribution in [1.82, 2.24) is 25.0 Å². The van der Waals surface area contributed by atoms with E-state index in [1.807, 2.05) is 24.4 Å². The molecule has 0 spiro atoms. The van der Waals surface area contributed by atoms with Crippen molar-refractivity contribution >= 4 is 29.0 Å². The second-order valence-corrected chi connectivity index (χ2v) is 8.09. The van der Waals surface area contributed by atoms with Crippen LogP contribution in [0.2, 0.25) is 0 Å². The summed E-state index contributed by atoms with van der Waals surface area (Å²) < 4.78 is 13.0. The standard InChI is InChI=1S/C17H16N6O3S2/c1-10(15-20-21-16(26-15)12-5-3-9-27-12)28-17-22-19-14(11-4-2-8-25-11)23(17)7-6-13(18)24/h2-5,8-10H,6-7H2,1H3,(H2,18,24). The summed E-state index contributed by atoms with van der Waals surface area (Å²) in [7, 11) is 0. The molecule has 0 aliphatic carbocycles. The Morgan fingerprint density at radius 2 is 2.18 bits per heavy atom. The molecule has 28 heavy (non-hydrogen) atoms. The van der Waals surface area contributed by atoms with E-state index in [1.165, 1.54) is 23.1 Å². The van der Waals surface area contributed by atoms with E-state index >= 15 is 0 Å². The topological polar surface area (TPSA) is 126 Å². The van der Waals surface area contributed by atoms with Gasteiger partial charge in [-0.15, -0.1) is 31.7 Å². The molecule has 0 aromatic carbocycles. The van der Waals surface area contributed by atoms with E-state index < -0.39 is 5.91 Å². The molecule has 1 unspecified atom stereocenters. The van der Waals surface area contributed by atoms with Crippen LogP contribution >= 0.6 is 23.1 Å². The fraction of sp³-hybridized carbons (Fsp3) is 0.235. The molecule has 11 heteroatoms. The minimum atomic E-state index is -0.402. The van der Waals surface area contributed by atoms with Gasteiger partial charge < -0.3 is 14.6 Å². The number of carbonyl (C=O) groups excluding carboxylic acids is 1. The van der Waals surface area contributed by atoms with Crippen molar-refractivity contribution in [2.45, 2.75) is 30.3 Å². The third kappa shape index (κ3) is 3.85. The van der Waals surface area contributed by atoms with E-state index in [2.05, 4.69) is 20.4 Å². The SMILES string of the molecule is CC(Sc1nnc(-c2ccco2)n1CCC(N)=O)c1nnc(-c2cccs2)o1. The Bertz CT molecular complexity index is 1050. The molecule has 1 amide bonds. The number of thioether (sulfide) groups is 1. The van der Waals surface area contributed by atoms with Crippen LogP contribution in [0.5, 0.6) is 0 Å². The van der Waals surface area contributed by atoms with E-state index in [-0.39, 0.29) is 11.7 Å². The van der Waals surface area contributed by atoms with Crippen molar-refractivity contribution in [2.75, 3.05) is 0 Å². The fourth-order valence-corrected chi connectivity index (χ4v) is 4.04. The number of furan rings is 1. The van der Waals surface area contributed by atoms with Crippen LogP contribution in [-0.4, -0.2) is 30.9 Å². The highest BCUT2D eigenvalue weighted by atomic mass is 32.2. The van der Waals surface area contributed by atoms with Gasteiger partial charge in [-0.25, -0.2) is 0 Å². The van der Waals surface area contributed by atoms with E-state index in [4.69, 9.17) is 14.6 Å². The zero-order valence-electron chi connectivity index (χ0n) is 14.8. The smallest absolute Gasteiger partial charge is 0.257 e. The predicted octanol–water partition coefficient (Wildman–Crippen LogP) is 3.38. The molecule has 9 nitrogen and oxygen atoms in total. The van der Waals surface area contributed by atoms with Crippen molar-refractivity contribution in [3.63, 3.8) is 0 Å². The summed E-state index contributed by atoms with van der Waals surface area (Å²) in [5.41, 5.74) is 5.31. The molecule has 0 bridgehead atoms. The normalized spacial score (nSPS) is 12.3. The summed E-state index contributed by atoms with van der Waals surface area (Å²) >= 11 is 2.94. The van der Waals surface area contributed by atoms with E-state index in [0.29, 0.717) is 35.1 Å². The Labute approximate surface area is 168 Å². The first-order valence-corrected chi connectivity index (χ1v) is 10.2. The van der Waals surface area contributed by atoms with Gasteiger partial charge in [0.15, 0.2) is 16.7 Å². The molecule has 0 radical (unpaired) electrons. The molecule has 1 atom stereocenters. The van der Waals surface area contributed by atoms with Crippen LogP contribution in [-0.2, 0) is 11.3 Å². The molecule has 0 saturated carbocycles. The molecular formula is C17H16N6O3S2. The first-order chi connectivity index (χ1) is 13.6. The number of amides is 1. The third-order valence-corrected chi connectivity index (χ3v) is 5.77. The molecule has 0 saturated heterocycles. The Hall–Kier alpha value is -2.92. The van der Waals surface area contributed by atoms with Crippen molar-refractivity contribution < 1.29 is 13.6 Å². The fourth-order valence-electron chi connectivity index (χ4n) is 2.49. The zero-order valence-corrected chi connectivity index (χ0v) is 16.4. The van der Waals surface area contributed by atoms with Gasteiger partial charge in [0.1, 0.15) is 0 Å². The van der Waals surface area contributed by atoms with Gasteiger partial charge in [-0.2, -0.15) is 0 Å². The maximum Gasteiger partial charge on any atom is 0.257 e. The van der Waals surface area contributed by atoms with Crippen LogP contribution in [0.3, 0.4) is 0 Å². The molecule has 0 fully saturated rings. The number of rotatable bonds is 8. The van der Waals surface area contributed by atoms with Gasteiger partial charge in [0.2, 0.25) is 11.8 Å². The van der Waals surface area contributed by atoms with Crippen LogP contribution in [0.1, 0.15) is 24.5 Å². The monoisotopic (exact) mass is 416 g/mol. The maximum atomic E-state index is 11.3. The highest BCUT2D eigenvalue weighted by molar-refractivity contribution is 7.99. The van der Waals surface area contributed by atoms with Crippen molar-refractivity contribution in [1.29, 1.82) is 0 Å². The quantitative estimate of drug-likeness (QED) is 0.433.